The molecule has 0 amide bonds. The Labute approximate surface area is 102 Å². The normalized spacial score (nSPS) is 11.6. The van der Waals surface area contributed by atoms with E-state index < -0.39 is 0 Å². The minimum Gasteiger partial charge on any atom is -0.397 e. The van der Waals surface area contributed by atoms with Crippen molar-refractivity contribution in [3.8, 4) is 0 Å². The van der Waals surface area contributed by atoms with Gasteiger partial charge in [0.15, 0.2) is 5.65 Å². The van der Waals surface area contributed by atoms with Crippen LogP contribution in [0.3, 0.4) is 0 Å². The number of nitrogens with zero attached hydrogens (tertiary/aromatic N) is 2. The highest BCUT2D eigenvalue weighted by Gasteiger charge is 2.09. The number of hydrogen-bond acceptors (Lipinski definition) is 3. The van der Waals surface area contributed by atoms with E-state index in [4.69, 9.17) is 5.73 Å². The van der Waals surface area contributed by atoms with Gasteiger partial charge in [-0.05, 0) is 18.2 Å². The van der Waals surface area contributed by atoms with Crippen molar-refractivity contribution in [2.45, 2.75) is 0 Å². The molecule has 0 aliphatic rings. The zero-order valence-electron chi connectivity index (χ0n) is 9.51. The molecule has 18 heavy (non-hydrogen) atoms. The summed E-state index contributed by atoms with van der Waals surface area (Å²) >= 11 is 0. The summed E-state index contributed by atoms with van der Waals surface area (Å²) in [6.07, 6.45) is 0. The average molecular weight is 234 g/mol. The van der Waals surface area contributed by atoms with Crippen molar-refractivity contribution in [1.29, 1.82) is 0 Å². The Morgan fingerprint density at radius 3 is 2.72 bits per heavy atom. The van der Waals surface area contributed by atoms with E-state index in [1.165, 1.54) is 0 Å². The number of H-pyrrole nitrogens is 1. The zero-order valence-corrected chi connectivity index (χ0v) is 9.51. The molecule has 0 aliphatic heterocycles. The first-order valence-electron chi connectivity index (χ1n) is 5.75. The van der Waals surface area contributed by atoms with Crippen LogP contribution in [0, 0.1) is 0 Å². The molecular formula is C14H10N4. The number of rotatable bonds is 0. The Bertz CT molecular complexity index is 892. The van der Waals surface area contributed by atoms with Crippen molar-refractivity contribution in [3.05, 3.63) is 42.5 Å². The summed E-state index contributed by atoms with van der Waals surface area (Å²) in [5, 5.41) is 1.07. The highest BCUT2D eigenvalue weighted by Crippen LogP contribution is 2.26. The minimum absolute atomic E-state index is 0.659. The van der Waals surface area contributed by atoms with Crippen LogP contribution >= 0.6 is 0 Å². The van der Waals surface area contributed by atoms with Crippen LogP contribution in [0.2, 0.25) is 0 Å². The molecule has 86 valence electrons. The molecule has 0 saturated heterocycles. The second kappa shape index (κ2) is 3.20. The van der Waals surface area contributed by atoms with E-state index in [0.29, 0.717) is 5.69 Å². The van der Waals surface area contributed by atoms with E-state index in [-0.39, 0.29) is 0 Å². The number of aromatic nitrogens is 3. The maximum Gasteiger partial charge on any atom is 0.157 e. The molecule has 4 aromatic rings. The van der Waals surface area contributed by atoms with Gasteiger partial charge in [0.2, 0.25) is 0 Å². The summed E-state index contributed by atoms with van der Waals surface area (Å²) in [4.78, 5) is 12.5. The lowest BCUT2D eigenvalue weighted by atomic mass is 10.2. The Morgan fingerprint density at radius 2 is 1.78 bits per heavy atom. The van der Waals surface area contributed by atoms with Crippen LogP contribution in [0.1, 0.15) is 0 Å². The number of para-hydroxylation sites is 2. The van der Waals surface area contributed by atoms with Gasteiger partial charge in [-0.15, -0.1) is 0 Å². The van der Waals surface area contributed by atoms with E-state index in [0.717, 1.165) is 33.1 Å². The molecule has 0 fully saturated rings. The molecule has 0 bridgehead atoms. The molecule has 0 radical (unpaired) electrons. The lowest BCUT2D eigenvalue weighted by molar-refractivity contribution is 1.36. The largest absolute Gasteiger partial charge is 0.397 e. The van der Waals surface area contributed by atoms with Crippen molar-refractivity contribution < 1.29 is 0 Å². The van der Waals surface area contributed by atoms with Crippen LogP contribution in [0.25, 0.3) is 33.1 Å². The van der Waals surface area contributed by atoms with Gasteiger partial charge in [-0.2, -0.15) is 0 Å². The number of benzene rings is 2. The third-order valence-electron chi connectivity index (χ3n) is 3.16. The van der Waals surface area contributed by atoms with Gasteiger partial charge in [0.05, 0.1) is 11.2 Å². The quantitative estimate of drug-likeness (QED) is 0.460. The number of anilines is 1. The number of nitrogen functional groups attached to an aromatic ring is 1. The smallest absolute Gasteiger partial charge is 0.157 e. The molecular weight excluding hydrogens is 224 g/mol. The number of nitrogens with one attached hydrogen (secondary N) is 1. The maximum atomic E-state index is 5.95. The lowest BCUT2D eigenvalue weighted by Crippen LogP contribution is -1.91. The first-order valence-corrected chi connectivity index (χ1v) is 5.75. The Hall–Kier alpha value is -2.62. The number of hydrogen-bond donors (Lipinski definition) is 2. The predicted molar refractivity (Wildman–Crippen MR) is 73.3 cm³/mol. The molecule has 0 atom stereocenters. The van der Waals surface area contributed by atoms with Gasteiger partial charge in [0.1, 0.15) is 11.0 Å². The van der Waals surface area contributed by atoms with E-state index in [1.54, 1.807) is 0 Å². The van der Waals surface area contributed by atoms with Crippen LogP contribution < -0.4 is 5.73 Å². The summed E-state index contributed by atoms with van der Waals surface area (Å²) in [5.41, 5.74) is 10.9. The predicted octanol–water partition coefficient (Wildman–Crippen LogP) is 2.85. The van der Waals surface area contributed by atoms with Crippen molar-refractivity contribution >= 4 is 38.8 Å². The van der Waals surface area contributed by atoms with E-state index in [9.17, 15) is 0 Å². The molecule has 4 rings (SSSR count). The Balaban J connectivity index is 2.28. The van der Waals surface area contributed by atoms with Gasteiger partial charge in [-0.3, -0.25) is 0 Å². The van der Waals surface area contributed by atoms with Gasteiger partial charge in [-0.25, -0.2) is 9.97 Å². The van der Waals surface area contributed by atoms with Crippen LogP contribution in [0.5, 0.6) is 0 Å². The Morgan fingerprint density at radius 1 is 0.889 bits per heavy atom. The second-order valence-corrected chi connectivity index (χ2v) is 4.31. The summed E-state index contributed by atoms with van der Waals surface area (Å²) in [6.45, 7) is 0. The van der Waals surface area contributed by atoms with Crippen LogP contribution in [-0.4, -0.2) is 15.0 Å². The van der Waals surface area contributed by atoms with Crippen LogP contribution in [-0.2, 0) is 0 Å². The molecule has 0 spiro atoms. The number of fused-ring (bicyclic) bond motifs is 4. The summed E-state index contributed by atoms with van der Waals surface area (Å²) < 4.78 is 0. The highest BCUT2D eigenvalue weighted by atomic mass is 14.9. The maximum absolute atomic E-state index is 5.95. The first kappa shape index (κ1) is 9.41. The van der Waals surface area contributed by atoms with Crippen LogP contribution in [0.15, 0.2) is 42.5 Å². The minimum atomic E-state index is 0.659. The van der Waals surface area contributed by atoms with Crippen molar-refractivity contribution in [2.24, 2.45) is 0 Å². The molecule has 2 aromatic carbocycles. The molecule has 0 aliphatic carbocycles. The number of aromatic amines is 1. The van der Waals surface area contributed by atoms with Crippen molar-refractivity contribution in [3.63, 3.8) is 0 Å². The molecule has 2 aromatic heterocycles. The van der Waals surface area contributed by atoms with E-state index >= 15 is 0 Å². The highest BCUT2D eigenvalue weighted by molar-refractivity contribution is 6.06. The average Bonchev–Trinajstić information content (AvgIpc) is 2.75. The molecule has 4 heteroatoms. The van der Waals surface area contributed by atoms with Gasteiger partial charge in [0, 0.05) is 10.9 Å². The molecule has 0 unspecified atom stereocenters. The van der Waals surface area contributed by atoms with Gasteiger partial charge >= 0.3 is 0 Å². The van der Waals surface area contributed by atoms with Crippen molar-refractivity contribution in [2.75, 3.05) is 5.73 Å². The number of nitrogens with two attached hydrogens (primary N) is 1. The summed E-state index contributed by atoms with van der Waals surface area (Å²) in [5.74, 6) is 0. The van der Waals surface area contributed by atoms with E-state index in [1.807, 2.05) is 42.5 Å². The zero-order chi connectivity index (χ0) is 12.1. The molecule has 2 heterocycles. The second-order valence-electron chi connectivity index (χ2n) is 4.31. The standard InChI is InChI=1S/C14H10N4/c15-9-5-3-7-11-13(9)18-12-8-4-1-2-6-10(8)16-14(12)17-11/h1-7H,15H2,(H,16,17). The van der Waals surface area contributed by atoms with Gasteiger partial charge in [-0.1, -0.05) is 24.3 Å². The first-order chi connectivity index (χ1) is 8.83. The van der Waals surface area contributed by atoms with Crippen molar-refractivity contribution in [1.82, 2.24) is 15.0 Å². The van der Waals surface area contributed by atoms with Gasteiger partial charge < -0.3 is 10.7 Å². The van der Waals surface area contributed by atoms with Crippen LogP contribution in [0.4, 0.5) is 5.69 Å². The molecule has 0 saturated carbocycles. The third-order valence-corrected chi connectivity index (χ3v) is 3.16. The summed E-state index contributed by atoms with van der Waals surface area (Å²) in [6, 6.07) is 13.7. The monoisotopic (exact) mass is 234 g/mol. The fourth-order valence-electron chi connectivity index (χ4n) is 2.30. The topological polar surface area (TPSA) is 67.6 Å². The fraction of sp³-hybridized carbons (Fsp3) is 0. The lowest BCUT2D eigenvalue weighted by Gasteiger charge is -2.00. The molecule has 4 nitrogen and oxygen atoms in total. The van der Waals surface area contributed by atoms with Gasteiger partial charge in [0.25, 0.3) is 0 Å². The third kappa shape index (κ3) is 1.14. The summed E-state index contributed by atoms with van der Waals surface area (Å²) in [7, 11) is 0. The SMILES string of the molecule is Nc1cccc2nc3[nH]c4ccccc4c3nc12. The molecule has 3 N–H and O–H groups in total. The fourth-order valence-corrected chi connectivity index (χ4v) is 2.30. The Kier molecular flexibility index (Phi) is 1.67. The van der Waals surface area contributed by atoms with E-state index in [2.05, 4.69) is 15.0 Å².